The second-order valence-electron chi connectivity index (χ2n) is 6.76. The summed E-state index contributed by atoms with van der Waals surface area (Å²) < 4.78 is 38.8. The van der Waals surface area contributed by atoms with Crippen LogP contribution in [0.25, 0.3) is 16.7 Å². The third-order valence-corrected chi connectivity index (χ3v) is 4.22. The Morgan fingerprint density at radius 1 is 1.25 bits per heavy atom. The molecule has 0 atom stereocenters. The molecule has 10 heteroatoms. The maximum atomic E-state index is 12.6. The Hall–Kier alpha value is -4.08. The number of allylic oxidation sites excluding steroid dienone is 4. The molecule has 1 N–H and O–H groups in total. The Bertz CT molecular complexity index is 1170. The van der Waals surface area contributed by atoms with Gasteiger partial charge in [-0.1, -0.05) is 24.8 Å². The van der Waals surface area contributed by atoms with Gasteiger partial charge in [-0.05, 0) is 42.3 Å². The molecule has 0 spiro atoms. The minimum absolute atomic E-state index is 0.0954. The molecule has 3 rings (SSSR count). The number of aromatic nitrogens is 5. The smallest absolute Gasteiger partial charge is 0.321 e. The number of pyridine rings is 2. The summed E-state index contributed by atoms with van der Waals surface area (Å²) in [6.45, 7) is 4.18. The molecule has 0 aliphatic rings. The molecule has 0 aromatic carbocycles. The van der Waals surface area contributed by atoms with E-state index in [0.29, 0.717) is 5.57 Å². The lowest BCUT2D eigenvalue weighted by molar-refractivity contribution is -0.140. The monoisotopic (exact) mass is 440 g/mol. The molecule has 164 valence electrons. The van der Waals surface area contributed by atoms with Crippen molar-refractivity contribution in [3.8, 4) is 11.1 Å². The summed E-state index contributed by atoms with van der Waals surface area (Å²) in [7, 11) is 0. The standard InChI is InChI=1S/C22H19F3N6O/c1-15(20-30-28-14-31(20)13-22(23,24)25)5-3-6-16(2)29-21(32)19-11-17(8-10-27-19)18-7-4-9-26-12-18/h3-12,14H,2,13H2,1H3,(H,29,32)/b6-3-,15-5+. The van der Waals surface area contributed by atoms with E-state index in [1.165, 1.54) is 12.3 Å². The van der Waals surface area contributed by atoms with E-state index in [2.05, 4.69) is 32.1 Å². The number of nitrogens with one attached hydrogen (secondary N) is 1. The highest BCUT2D eigenvalue weighted by molar-refractivity contribution is 5.94. The molecular formula is C22H19F3N6O. The van der Waals surface area contributed by atoms with Crippen LogP contribution in [0.15, 0.2) is 79.7 Å². The van der Waals surface area contributed by atoms with E-state index in [-0.39, 0.29) is 17.2 Å². The maximum absolute atomic E-state index is 12.6. The van der Waals surface area contributed by atoms with Crippen LogP contribution in [0, 0.1) is 0 Å². The van der Waals surface area contributed by atoms with Gasteiger partial charge in [0.1, 0.15) is 18.6 Å². The van der Waals surface area contributed by atoms with Crippen molar-refractivity contribution in [2.75, 3.05) is 0 Å². The first-order chi connectivity index (χ1) is 15.2. The number of amides is 1. The molecule has 32 heavy (non-hydrogen) atoms. The van der Waals surface area contributed by atoms with Crippen molar-refractivity contribution >= 4 is 11.5 Å². The molecule has 0 saturated heterocycles. The first-order valence-electron chi connectivity index (χ1n) is 9.39. The van der Waals surface area contributed by atoms with Gasteiger partial charge in [0.15, 0.2) is 5.82 Å². The molecule has 3 aromatic rings. The zero-order valence-electron chi connectivity index (χ0n) is 17.0. The van der Waals surface area contributed by atoms with Crippen LogP contribution in [0.2, 0.25) is 0 Å². The van der Waals surface area contributed by atoms with Gasteiger partial charge < -0.3 is 9.88 Å². The fourth-order valence-electron chi connectivity index (χ4n) is 2.77. The fourth-order valence-corrected chi connectivity index (χ4v) is 2.77. The molecule has 0 aliphatic heterocycles. The van der Waals surface area contributed by atoms with Gasteiger partial charge in [-0.2, -0.15) is 13.2 Å². The highest BCUT2D eigenvalue weighted by Gasteiger charge is 2.29. The minimum atomic E-state index is -4.38. The Kier molecular flexibility index (Phi) is 6.93. The number of hydrogen-bond donors (Lipinski definition) is 1. The highest BCUT2D eigenvalue weighted by Crippen LogP contribution is 2.20. The Labute approximate surface area is 182 Å². The van der Waals surface area contributed by atoms with Crippen molar-refractivity contribution in [1.82, 2.24) is 30.0 Å². The largest absolute Gasteiger partial charge is 0.406 e. The number of carbonyl (C=O) groups is 1. The molecule has 0 saturated carbocycles. The molecule has 0 unspecified atom stereocenters. The van der Waals surface area contributed by atoms with E-state index in [1.807, 2.05) is 6.07 Å². The van der Waals surface area contributed by atoms with Crippen LogP contribution in [-0.4, -0.2) is 36.8 Å². The van der Waals surface area contributed by atoms with Gasteiger partial charge in [0.05, 0.1) is 0 Å². The normalized spacial score (nSPS) is 12.2. The van der Waals surface area contributed by atoms with Gasteiger partial charge in [0.25, 0.3) is 5.91 Å². The quantitative estimate of drug-likeness (QED) is 0.557. The molecule has 0 fully saturated rings. The molecule has 3 heterocycles. The average Bonchev–Trinajstić information content (AvgIpc) is 3.21. The van der Waals surface area contributed by atoms with Crippen LogP contribution in [0.1, 0.15) is 23.2 Å². The maximum Gasteiger partial charge on any atom is 0.406 e. The third-order valence-electron chi connectivity index (χ3n) is 4.22. The summed E-state index contributed by atoms with van der Waals surface area (Å²) in [6.07, 6.45) is 6.12. The van der Waals surface area contributed by atoms with Crippen molar-refractivity contribution in [2.45, 2.75) is 19.6 Å². The van der Waals surface area contributed by atoms with Gasteiger partial charge in [0, 0.05) is 29.9 Å². The molecule has 3 aromatic heterocycles. The molecule has 0 bridgehead atoms. The number of nitrogens with zero attached hydrogens (tertiary/aromatic N) is 5. The summed E-state index contributed by atoms with van der Waals surface area (Å²) in [5.41, 5.74) is 2.59. The number of rotatable bonds is 7. The van der Waals surface area contributed by atoms with Gasteiger partial charge >= 0.3 is 6.18 Å². The molecule has 1 amide bonds. The first kappa shape index (κ1) is 22.6. The molecular weight excluding hydrogens is 421 g/mol. The number of hydrogen-bond acceptors (Lipinski definition) is 5. The van der Waals surface area contributed by atoms with Crippen molar-refractivity contribution < 1.29 is 18.0 Å². The SMILES string of the molecule is C=C(/C=C\C=C(/C)c1nncn1CC(F)(F)F)NC(=O)c1cc(-c2cccnc2)ccn1. The third kappa shape index (κ3) is 6.21. The predicted octanol–water partition coefficient (Wildman–Crippen LogP) is 4.20. The van der Waals surface area contributed by atoms with E-state index in [4.69, 9.17) is 0 Å². The van der Waals surface area contributed by atoms with Crippen molar-refractivity contribution in [3.63, 3.8) is 0 Å². The predicted molar refractivity (Wildman–Crippen MR) is 113 cm³/mol. The van der Waals surface area contributed by atoms with E-state index in [9.17, 15) is 18.0 Å². The van der Waals surface area contributed by atoms with Gasteiger partial charge in [0.2, 0.25) is 0 Å². The number of carbonyl (C=O) groups excluding carboxylic acids is 1. The van der Waals surface area contributed by atoms with E-state index in [1.54, 1.807) is 49.7 Å². The second-order valence-corrected chi connectivity index (χ2v) is 6.76. The fraction of sp³-hybridized carbons (Fsp3) is 0.136. The molecule has 0 radical (unpaired) electrons. The molecule has 0 aliphatic carbocycles. The van der Waals surface area contributed by atoms with Gasteiger partial charge in [-0.15, -0.1) is 10.2 Å². The second kappa shape index (κ2) is 9.82. The Morgan fingerprint density at radius 3 is 2.78 bits per heavy atom. The van der Waals surface area contributed by atoms with Crippen molar-refractivity contribution in [1.29, 1.82) is 0 Å². The van der Waals surface area contributed by atoms with Crippen molar-refractivity contribution in [3.05, 3.63) is 91.2 Å². The number of halogens is 3. The summed E-state index contributed by atoms with van der Waals surface area (Å²) in [6, 6.07) is 7.08. The summed E-state index contributed by atoms with van der Waals surface area (Å²) in [5, 5.41) is 9.88. The first-order valence-corrected chi connectivity index (χ1v) is 9.39. The lowest BCUT2D eigenvalue weighted by Gasteiger charge is -2.09. The van der Waals surface area contributed by atoms with E-state index in [0.717, 1.165) is 22.0 Å². The van der Waals surface area contributed by atoms with Crippen LogP contribution >= 0.6 is 0 Å². The zero-order valence-corrected chi connectivity index (χ0v) is 17.0. The van der Waals surface area contributed by atoms with Crippen LogP contribution < -0.4 is 5.32 Å². The van der Waals surface area contributed by atoms with E-state index >= 15 is 0 Å². The number of alkyl halides is 3. The lowest BCUT2D eigenvalue weighted by Crippen LogP contribution is -2.22. The van der Waals surface area contributed by atoms with Crippen LogP contribution in [0.4, 0.5) is 13.2 Å². The Balaban J connectivity index is 1.64. The summed E-state index contributed by atoms with van der Waals surface area (Å²) in [4.78, 5) is 20.6. The van der Waals surface area contributed by atoms with Crippen LogP contribution in [-0.2, 0) is 6.54 Å². The Morgan fingerprint density at radius 2 is 2.06 bits per heavy atom. The lowest BCUT2D eigenvalue weighted by atomic mass is 10.1. The zero-order chi connectivity index (χ0) is 23.1. The van der Waals surface area contributed by atoms with Gasteiger partial charge in [-0.3, -0.25) is 14.8 Å². The van der Waals surface area contributed by atoms with Gasteiger partial charge in [-0.25, -0.2) is 0 Å². The summed E-state index contributed by atoms with van der Waals surface area (Å²) in [5.74, 6) is -0.353. The summed E-state index contributed by atoms with van der Waals surface area (Å²) >= 11 is 0. The van der Waals surface area contributed by atoms with E-state index < -0.39 is 18.6 Å². The average molecular weight is 440 g/mol. The topological polar surface area (TPSA) is 85.6 Å². The van der Waals surface area contributed by atoms with Crippen LogP contribution in [0.3, 0.4) is 0 Å². The van der Waals surface area contributed by atoms with Crippen molar-refractivity contribution in [2.24, 2.45) is 0 Å². The van der Waals surface area contributed by atoms with Crippen LogP contribution in [0.5, 0.6) is 0 Å². The highest BCUT2D eigenvalue weighted by atomic mass is 19.4. The minimum Gasteiger partial charge on any atom is -0.321 e. The molecule has 7 nitrogen and oxygen atoms in total.